The summed E-state index contributed by atoms with van der Waals surface area (Å²) in [5, 5.41) is 6.11. The fourth-order valence-electron chi connectivity index (χ4n) is 3.81. The Balaban J connectivity index is 0.00000240. The van der Waals surface area contributed by atoms with Crippen LogP contribution < -0.4 is 10.6 Å². The summed E-state index contributed by atoms with van der Waals surface area (Å²) in [7, 11) is 0. The Labute approximate surface area is 183 Å². The van der Waals surface area contributed by atoms with Gasteiger partial charge in [0.15, 0.2) is 0 Å². The smallest absolute Gasteiger partial charge is 0.234 e. The summed E-state index contributed by atoms with van der Waals surface area (Å²) in [4.78, 5) is 27.9. The van der Waals surface area contributed by atoms with Gasteiger partial charge in [-0.15, -0.1) is 11.8 Å². The molecule has 2 heterocycles. The van der Waals surface area contributed by atoms with Crippen molar-refractivity contribution in [2.45, 2.75) is 30.2 Å². The molecule has 2 aliphatic rings. The van der Waals surface area contributed by atoms with Gasteiger partial charge in [0.05, 0.1) is 23.9 Å². The molecule has 7 heteroatoms. The third-order valence-corrected chi connectivity index (χ3v) is 6.29. The molecule has 0 spiro atoms. The minimum atomic E-state index is -0.0142. The summed E-state index contributed by atoms with van der Waals surface area (Å²) < 4.78 is 0. The van der Waals surface area contributed by atoms with E-state index in [-0.39, 0.29) is 31.4 Å². The van der Waals surface area contributed by atoms with E-state index < -0.39 is 0 Å². The van der Waals surface area contributed by atoms with Gasteiger partial charge in [0.25, 0.3) is 0 Å². The number of nitrogens with one attached hydrogen (secondary N) is 2. The molecule has 0 radical (unpaired) electrons. The number of thioether (sulfide) groups is 1. The Bertz CT molecular complexity index is 854. The summed E-state index contributed by atoms with van der Waals surface area (Å²) >= 11 is 1.53. The lowest BCUT2D eigenvalue weighted by molar-refractivity contribution is -0.121. The molecule has 1 fully saturated rings. The average Bonchev–Trinajstić information content (AvgIpc) is 3.21. The third-order valence-electron chi connectivity index (χ3n) is 5.22. The third kappa shape index (κ3) is 5.78. The number of anilines is 1. The number of hydrogen-bond acceptors (Lipinski definition) is 4. The molecule has 1 unspecified atom stereocenters. The fraction of sp³-hybridized carbons (Fsp3) is 0.364. The van der Waals surface area contributed by atoms with Crippen LogP contribution in [0.3, 0.4) is 0 Å². The number of fused-ring (bicyclic) bond motifs is 1. The van der Waals surface area contributed by atoms with Crippen molar-refractivity contribution < 1.29 is 9.59 Å². The van der Waals surface area contributed by atoms with E-state index in [1.807, 2.05) is 36.4 Å². The topological polar surface area (TPSA) is 61.4 Å². The number of likely N-dealkylation sites (tertiary alicyclic amines) is 1. The summed E-state index contributed by atoms with van der Waals surface area (Å²) in [6.07, 6.45) is 2.76. The Morgan fingerprint density at radius 3 is 2.66 bits per heavy atom. The number of hydrogen-bond donors (Lipinski definition) is 2. The van der Waals surface area contributed by atoms with E-state index in [0.717, 1.165) is 41.3 Å². The maximum absolute atomic E-state index is 12.8. The van der Waals surface area contributed by atoms with E-state index in [9.17, 15) is 9.59 Å². The van der Waals surface area contributed by atoms with E-state index >= 15 is 0 Å². The molecule has 0 aliphatic carbocycles. The molecule has 29 heavy (non-hydrogen) atoms. The first-order valence-electron chi connectivity index (χ1n) is 9.79. The predicted molar refractivity (Wildman–Crippen MR) is 123 cm³/mol. The SMILES string of the molecule is O=C1CSc2ccc(CC(=O)NC(CN3CCCC3)c3ccccc3)cc2N1.S. The highest BCUT2D eigenvalue weighted by Crippen LogP contribution is 2.32. The first-order chi connectivity index (χ1) is 13.7. The predicted octanol–water partition coefficient (Wildman–Crippen LogP) is 3.34. The second-order valence-corrected chi connectivity index (χ2v) is 8.40. The van der Waals surface area contributed by atoms with Crippen molar-refractivity contribution in [2.75, 3.05) is 30.7 Å². The number of carbonyl (C=O) groups excluding carboxylic acids is 2. The van der Waals surface area contributed by atoms with Crippen LogP contribution in [-0.4, -0.2) is 42.1 Å². The zero-order valence-corrected chi connectivity index (χ0v) is 18.1. The van der Waals surface area contributed by atoms with Crippen LogP contribution in [0.1, 0.15) is 30.0 Å². The lowest BCUT2D eigenvalue weighted by atomic mass is 10.1. The zero-order valence-electron chi connectivity index (χ0n) is 16.3. The van der Waals surface area contributed by atoms with Gasteiger partial charge in [0, 0.05) is 11.4 Å². The second-order valence-electron chi connectivity index (χ2n) is 7.38. The second kappa shape index (κ2) is 10.2. The van der Waals surface area contributed by atoms with Gasteiger partial charge in [-0.25, -0.2) is 0 Å². The van der Waals surface area contributed by atoms with Crippen LogP contribution in [0.15, 0.2) is 53.4 Å². The molecular formula is C22H27N3O2S2. The first kappa shape index (κ1) is 21.7. The van der Waals surface area contributed by atoms with Gasteiger partial charge < -0.3 is 15.5 Å². The van der Waals surface area contributed by atoms with Crippen molar-refractivity contribution in [3.63, 3.8) is 0 Å². The van der Waals surface area contributed by atoms with Crippen molar-refractivity contribution >= 4 is 42.8 Å². The molecule has 1 saturated heterocycles. The van der Waals surface area contributed by atoms with Gasteiger partial charge in [-0.1, -0.05) is 36.4 Å². The molecule has 0 bridgehead atoms. The molecule has 2 aliphatic heterocycles. The van der Waals surface area contributed by atoms with Crippen molar-refractivity contribution in [1.29, 1.82) is 0 Å². The molecule has 5 nitrogen and oxygen atoms in total. The van der Waals surface area contributed by atoms with Gasteiger partial charge in [0.1, 0.15) is 0 Å². The van der Waals surface area contributed by atoms with Crippen LogP contribution in [0, 0.1) is 0 Å². The molecule has 1 atom stereocenters. The van der Waals surface area contributed by atoms with Crippen LogP contribution >= 0.6 is 25.3 Å². The minimum absolute atomic E-state index is 0. The summed E-state index contributed by atoms with van der Waals surface area (Å²) in [6.45, 7) is 3.04. The average molecular weight is 430 g/mol. The number of amides is 2. The molecule has 2 aromatic rings. The van der Waals surface area contributed by atoms with Gasteiger partial charge in [-0.05, 0) is 49.2 Å². The summed E-state index contributed by atoms with van der Waals surface area (Å²) in [5.74, 6) is 0.457. The number of benzene rings is 2. The molecule has 0 aromatic heterocycles. The summed E-state index contributed by atoms with van der Waals surface area (Å²) in [5.41, 5.74) is 2.85. The lowest BCUT2D eigenvalue weighted by Gasteiger charge is -2.25. The maximum atomic E-state index is 12.8. The highest BCUT2D eigenvalue weighted by molar-refractivity contribution is 8.00. The fourth-order valence-corrected chi connectivity index (χ4v) is 4.60. The number of carbonyl (C=O) groups is 2. The van der Waals surface area contributed by atoms with E-state index in [1.165, 1.54) is 24.6 Å². The lowest BCUT2D eigenvalue weighted by Crippen LogP contribution is -2.37. The Hall–Kier alpha value is -1.96. The Kier molecular flexibility index (Phi) is 7.64. The molecule has 2 aromatic carbocycles. The molecule has 0 saturated carbocycles. The van der Waals surface area contributed by atoms with Gasteiger partial charge in [0.2, 0.25) is 11.8 Å². The van der Waals surface area contributed by atoms with Crippen LogP contribution in [0.4, 0.5) is 5.69 Å². The van der Waals surface area contributed by atoms with E-state index in [0.29, 0.717) is 12.2 Å². The quantitative estimate of drug-likeness (QED) is 0.739. The van der Waals surface area contributed by atoms with Crippen molar-refractivity contribution in [2.24, 2.45) is 0 Å². The van der Waals surface area contributed by atoms with Crippen LogP contribution in [0.2, 0.25) is 0 Å². The molecule has 154 valence electrons. The van der Waals surface area contributed by atoms with Crippen molar-refractivity contribution in [1.82, 2.24) is 10.2 Å². The van der Waals surface area contributed by atoms with Crippen molar-refractivity contribution in [3.8, 4) is 0 Å². The highest BCUT2D eigenvalue weighted by atomic mass is 32.2. The van der Waals surface area contributed by atoms with E-state index in [2.05, 4.69) is 27.7 Å². The maximum Gasteiger partial charge on any atom is 0.234 e. The van der Waals surface area contributed by atoms with E-state index in [4.69, 9.17) is 0 Å². The van der Waals surface area contributed by atoms with Gasteiger partial charge in [-0.2, -0.15) is 13.5 Å². The normalized spacial score (nSPS) is 17.0. The molecule has 2 amide bonds. The van der Waals surface area contributed by atoms with Crippen LogP contribution in [0.25, 0.3) is 0 Å². The monoisotopic (exact) mass is 429 g/mol. The minimum Gasteiger partial charge on any atom is -0.348 e. The zero-order chi connectivity index (χ0) is 19.3. The number of nitrogens with zero attached hydrogens (tertiary/aromatic N) is 1. The van der Waals surface area contributed by atoms with Crippen molar-refractivity contribution in [3.05, 3.63) is 59.7 Å². The standard InChI is InChI=1S/C22H25N3O2S.H2S/c26-21(13-16-8-9-20-18(12-16)23-22(27)15-28-20)24-19(14-25-10-4-5-11-25)17-6-2-1-3-7-17;/h1-3,6-9,12,19H,4-5,10-11,13-15H2,(H,23,27)(H,24,26);1H2. The molecular weight excluding hydrogens is 402 g/mol. The largest absolute Gasteiger partial charge is 0.348 e. The number of rotatable bonds is 6. The van der Waals surface area contributed by atoms with E-state index in [1.54, 1.807) is 0 Å². The first-order valence-corrected chi connectivity index (χ1v) is 10.8. The molecule has 2 N–H and O–H groups in total. The highest BCUT2D eigenvalue weighted by Gasteiger charge is 2.21. The van der Waals surface area contributed by atoms with Crippen LogP contribution in [-0.2, 0) is 16.0 Å². The van der Waals surface area contributed by atoms with Gasteiger partial charge >= 0.3 is 0 Å². The Morgan fingerprint density at radius 1 is 1.14 bits per heavy atom. The van der Waals surface area contributed by atoms with Gasteiger partial charge in [-0.3, -0.25) is 9.59 Å². The Morgan fingerprint density at radius 2 is 1.90 bits per heavy atom. The summed E-state index contributed by atoms with van der Waals surface area (Å²) in [6, 6.07) is 16.0. The van der Waals surface area contributed by atoms with Crippen LogP contribution in [0.5, 0.6) is 0 Å². The molecule has 4 rings (SSSR count).